The van der Waals surface area contributed by atoms with Crippen molar-refractivity contribution >= 4 is 46.6 Å². The van der Waals surface area contributed by atoms with E-state index in [9.17, 15) is 9.00 Å². The SMILES string of the molecule is CN=C(NCCS(=O)Cc1ccccc1)N1CCN(CC(=O)NCCOC)CC1.I. The molecule has 1 amide bonds. The first-order valence-corrected chi connectivity index (χ1v) is 11.4. The van der Waals surface area contributed by atoms with Crippen molar-refractivity contribution in [1.29, 1.82) is 0 Å². The lowest BCUT2D eigenvalue weighted by molar-refractivity contribution is -0.122. The summed E-state index contributed by atoms with van der Waals surface area (Å²) in [5.41, 5.74) is 1.09. The predicted molar refractivity (Wildman–Crippen MR) is 133 cm³/mol. The minimum Gasteiger partial charge on any atom is -0.383 e. The molecule has 0 aromatic heterocycles. The fourth-order valence-electron chi connectivity index (χ4n) is 3.11. The third-order valence-electron chi connectivity index (χ3n) is 4.66. The summed E-state index contributed by atoms with van der Waals surface area (Å²) >= 11 is 0. The number of ether oxygens (including phenoxy) is 1. The van der Waals surface area contributed by atoms with Crippen molar-refractivity contribution < 1.29 is 13.7 Å². The van der Waals surface area contributed by atoms with Crippen LogP contribution in [0.3, 0.4) is 0 Å². The summed E-state index contributed by atoms with van der Waals surface area (Å²) in [6.45, 7) is 5.30. The Labute approximate surface area is 199 Å². The van der Waals surface area contributed by atoms with E-state index in [0.717, 1.165) is 37.7 Å². The Hall–Kier alpha value is -1.24. The van der Waals surface area contributed by atoms with Gasteiger partial charge in [-0.2, -0.15) is 0 Å². The number of nitrogens with one attached hydrogen (secondary N) is 2. The molecule has 1 atom stereocenters. The van der Waals surface area contributed by atoms with E-state index in [0.29, 0.717) is 37.7 Å². The molecule has 0 radical (unpaired) electrons. The number of amides is 1. The van der Waals surface area contributed by atoms with Crippen molar-refractivity contribution in [2.75, 3.05) is 72.3 Å². The number of halogens is 1. The van der Waals surface area contributed by atoms with Gasteiger partial charge in [0.1, 0.15) is 0 Å². The highest BCUT2D eigenvalue weighted by molar-refractivity contribution is 14.0. The number of carbonyl (C=O) groups is 1. The number of methoxy groups -OCH3 is 1. The van der Waals surface area contributed by atoms with E-state index in [-0.39, 0.29) is 29.9 Å². The standard InChI is InChI=1S/C20H33N5O3S.HI/c1-21-20(23-9-15-29(27)17-18-6-4-3-5-7-18)25-12-10-24(11-13-25)16-19(26)22-8-14-28-2;/h3-7H,8-17H2,1-2H3,(H,21,23)(H,22,26);1H. The second-order valence-corrected chi connectivity index (χ2v) is 8.43. The van der Waals surface area contributed by atoms with Gasteiger partial charge in [-0.15, -0.1) is 24.0 Å². The van der Waals surface area contributed by atoms with Crippen molar-refractivity contribution in [3.8, 4) is 0 Å². The summed E-state index contributed by atoms with van der Waals surface area (Å²) < 4.78 is 17.2. The molecule has 2 N–H and O–H groups in total. The van der Waals surface area contributed by atoms with Crippen molar-refractivity contribution in [1.82, 2.24) is 20.4 Å². The van der Waals surface area contributed by atoms with Gasteiger partial charge in [0.05, 0.1) is 13.2 Å². The zero-order chi connectivity index (χ0) is 20.9. The van der Waals surface area contributed by atoms with Crippen LogP contribution in [-0.2, 0) is 26.1 Å². The first-order chi connectivity index (χ1) is 14.1. The van der Waals surface area contributed by atoms with Gasteiger partial charge in [-0.3, -0.25) is 18.9 Å². The molecule has 0 aliphatic carbocycles. The van der Waals surface area contributed by atoms with Crippen LogP contribution in [0, 0.1) is 0 Å². The molecule has 170 valence electrons. The molecule has 0 spiro atoms. The highest BCUT2D eigenvalue weighted by atomic mass is 127. The number of carbonyl (C=O) groups excluding carboxylic acids is 1. The number of hydrogen-bond donors (Lipinski definition) is 2. The monoisotopic (exact) mass is 551 g/mol. The number of hydrogen-bond acceptors (Lipinski definition) is 5. The van der Waals surface area contributed by atoms with Gasteiger partial charge in [0.2, 0.25) is 5.91 Å². The zero-order valence-corrected chi connectivity index (χ0v) is 21.0. The number of rotatable bonds is 10. The Morgan fingerprint density at radius 3 is 2.47 bits per heavy atom. The lowest BCUT2D eigenvalue weighted by Crippen LogP contribution is -2.54. The Morgan fingerprint density at radius 2 is 1.83 bits per heavy atom. The molecular weight excluding hydrogens is 517 g/mol. The van der Waals surface area contributed by atoms with E-state index < -0.39 is 10.8 Å². The van der Waals surface area contributed by atoms with E-state index in [1.54, 1.807) is 14.2 Å². The number of piperazine rings is 1. The van der Waals surface area contributed by atoms with Crippen LogP contribution in [0.15, 0.2) is 35.3 Å². The Bertz CT molecular complexity index is 670. The lowest BCUT2D eigenvalue weighted by atomic mass is 10.2. The van der Waals surface area contributed by atoms with Crippen LogP contribution in [0.4, 0.5) is 0 Å². The van der Waals surface area contributed by atoms with Gasteiger partial charge in [0.15, 0.2) is 5.96 Å². The van der Waals surface area contributed by atoms with Crippen molar-refractivity contribution in [2.45, 2.75) is 5.75 Å². The molecule has 1 fully saturated rings. The maximum absolute atomic E-state index is 12.3. The van der Waals surface area contributed by atoms with Crippen LogP contribution in [0.25, 0.3) is 0 Å². The largest absolute Gasteiger partial charge is 0.383 e. The quantitative estimate of drug-likeness (QED) is 0.191. The van der Waals surface area contributed by atoms with Crippen LogP contribution in [0.2, 0.25) is 0 Å². The van der Waals surface area contributed by atoms with Crippen molar-refractivity contribution in [2.24, 2.45) is 4.99 Å². The molecule has 1 saturated heterocycles. The van der Waals surface area contributed by atoms with E-state index >= 15 is 0 Å². The Balaban J connectivity index is 0.00000450. The first-order valence-electron chi connectivity index (χ1n) is 9.95. The fraction of sp³-hybridized carbons (Fsp3) is 0.600. The summed E-state index contributed by atoms with van der Waals surface area (Å²) in [6.07, 6.45) is 0. The molecule has 8 nitrogen and oxygen atoms in total. The van der Waals surface area contributed by atoms with Gasteiger partial charge < -0.3 is 20.3 Å². The molecule has 10 heteroatoms. The molecule has 1 aliphatic rings. The Morgan fingerprint density at radius 1 is 1.13 bits per heavy atom. The maximum atomic E-state index is 12.3. The molecule has 1 unspecified atom stereocenters. The molecule has 1 heterocycles. The van der Waals surface area contributed by atoms with Crippen molar-refractivity contribution in [3.63, 3.8) is 0 Å². The van der Waals surface area contributed by atoms with Gasteiger partial charge in [-0.25, -0.2) is 0 Å². The van der Waals surface area contributed by atoms with Gasteiger partial charge in [0.25, 0.3) is 0 Å². The van der Waals surface area contributed by atoms with E-state index in [4.69, 9.17) is 4.74 Å². The summed E-state index contributed by atoms with van der Waals surface area (Å²) in [7, 11) is 2.47. The van der Waals surface area contributed by atoms with E-state index in [1.807, 2.05) is 30.3 Å². The van der Waals surface area contributed by atoms with Crippen LogP contribution >= 0.6 is 24.0 Å². The van der Waals surface area contributed by atoms with Gasteiger partial charge >= 0.3 is 0 Å². The fourth-order valence-corrected chi connectivity index (χ4v) is 4.15. The topological polar surface area (TPSA) is 86.3 Å². The Kier molecular flexibility index (Phi) is 13.9. The summed E-state index contributed by atoms with van der Waals surface area (Å²) in [5, 5.41) is 6.16. The third-order valence-corrected chi connectivity index (χ3v) is 5.98. The van der Waals surface area contributed by atoms with Crippen LogP contribution in [-0.4, -0.2) is 98.2 Å². The smallest absolute Gasteiger partial charge is 0.234 e. The molecule has 0 saturated carbocycles. The minimum atomic E-state index is -0.908. The predicted octanol–water partition coefficient (Wildman–Crippen LogP) is 0.509. The maximum Gasteiger partial charge on any atom is 0.234 e. The lowest BCUT2D eigenvalue weighted by Gasteiger charge is -2.36. The summed E-state index contributed by atoms with van der Waals surface area (Å²) in [5.74, 6) is 2.01. The van der Waals surface area contributed by atoms with E-state index in [2.05, 4.69) is 25.4 Å². The zero-order valence-electron chi connectivity index (χ0n) is 17.8. The molecule has 1 aliphatic heterocycles. The molecule has 30 heavy (non-hydrogen) atoms. The number of aliphatic imine (C=N–C) groups is 1. The number of guanidine groups is 1. The third kappa shape index (κ3) is 10.2. The summed E-state index contributed by atoms with van der Waals surface area (Å²) in [4.78, 5) is 20.6. The van der Waals surface area contributed by atoms with Gasteiger partial charge in [-0.05, 0) is 5.56 Å². The molecule has 2 rings (SSSR count). The first kappa shape index (κ1) is 26.8. The minimum absolute atomic E-state index is 0. The number of benzene rings is 1. The second kappa shape index (κ2) is 15.5. The average molecular weight is 551 g/mol. The highest BCUT2D eigenvalue weighted by Crippen LogP contribution is 2.04. The molecule has 1 aromatic carbocycles. The van der Waals surface area contributed by atoms with Crippen LogP contribution in [0.1, 0.15) is 5.56 Å². The average Bonchev–Trinajstić information content (AvgIpc) is 2.73. The summed E-state index contributed by atoms with van der Waals surface area (Å²) in [6, 6.07) is 9.90. The molecular formula is C20H34IN5O3S. The highest BCUT2D eigenvalue weighted by Gasteiger charge is 2.21. The molecule has 0 bridgehead atoms. The second-order valence-electron chi connectivity index (χ2n) is 6.85. The van der Waals surface area contributed by atoms with Crippen LogP contribution in [0.5, 0.6) is 0 Å². The van der Waals surface area contributed by atoms with Crippen molar-refractivity contribution in [3.05, 3.63) is 35.9 Å². The molecule has 1 aromatic rings. The van der Waals surface area contributed by atoms with Gasteiger partial charge in [-0.1, -0.05) is 30.3 Å². The van der Waals surface area contributed by atoms with E-state index in [1.165, 1.54) is 0 Å². The number of nitrogens with zero attached hydrogens (tertiary/aromatic N) is 3. The normalized spacial score (nSPS) is 15.9. The van der Waals surface area contributed by atoms with Gasteiger partial charge in [0, 0.05) is 75.7 Å². The van der Waals surface area contributed by atoms with Crippen LogP contribution < -0.4 is 10.6 Å².